The van der Waals surface area contributed by atoms with E-state index in [1.54, 1.807) is 6.92 Å². The molecule has 1 atom stereocenters. The van der Waals surface area contributed by atoms with Gasteiger partial charge in [-0.15, -0.1) is 10.2 Å². The highest BCUT2D eigenvalue weighted by atomic mass is 32.2. The van der Waals surface area contributed by atoms with Crippen molar-refractivity contribution in [2.75, 3.05) is 18.6 Å². The van der Waals surface area contributed by atoms with E-state index < -0.39 is 29.3 Å². The van der Waals surface area contributed by atoms with Gasteiger partial charge in [-0.2, -0.15) is 0 Å². The minimum Gasteiger partial charge on any atom is -0.507 e. The Bertz CT molecular complexity index is 1970. The third kappa shape index (κ3) is 5.69. The van der Waals surface area contributed by atoms with E-state index in [4.69, 9.17) is 9.47 Å². The van der Waals surface area contributed by atoms with Crippen molar-refractivity contribution in [1.82, 2.24) is 10.2 Å². The molecule has 1 aliphatic rings. The summed E-state index contributed by atoms with van der Waals surface area (Å²) in [6.07, 6.45) is 0. The number of anilines is 1. The number of fused-ring (bicyclic) bond motifs is 1. The van der Waals surface area contributed by atoms with Gasteiger partial charge in [0.25, 0.3) is 5.78 Å². The Morgan fingerprint density at radius 2 is 1.82 bits per heavy atom. The van der Waals surface area contributed by atoms with Gasteiger partial charge in [0.2, 0.25) is 5.13 Å². The number of ketones is 1. The van der Waals surface area contributed by atoms with Crippen molar-refractivity contribution in [1.29, 1.82) is 0 Å². The number of halogens is 1. The second-order valence-electron chi connectivity index (χ2n) is 9.96. The van der Waals surface area contributed by atoms with Crippen molar-refractivity contribution in [3.05, 3.63) is 107 Å². The smallest absolute Gasteiger partial charge is 0.301 e. The van der Waals surface area contributed by atoms with E-state index in [0.29, 0.717) is 15.7 Å². The maximum absolute atomic E-state index is 14.6. The monoisotopic (exact) mass is 643 g/mol. The van der Waals surface area contributed by atoms with E-state index in [1.165, 1.54) is 49.2 Å². The van der Waals surface area contributed by atoms with Gasteiger partial charge in [-0.05, 0) is 59.2 Å². The lowest BCUT2D eigenvalue weighted by Gasteiger charge is -2.23. The first-order chi connectivity index (χ1) is 21.8. The van der Waals surface area contributed by atoms with Crippen LogP contribution in [0.4, 0.5) is 9.52 Å². The fourth-order valence-electron chi connectivity index (χ4n) is 5.20. The molecule has 1 amide bonds. The van der Waals surface area contributed by atoms with Crippen LogP contribution in [-0.2, 0) is 15.3 Å². The number of phenolic OH excluding ortho intramolecular Hbond substituents is 1. The van der Waals surface area contributed by atoms with Crippen LogP contribution in [0.25, 0.3) is 16.5 Å². The van der Waals surface area contributed by atoms with Crippen LogP contribution in [0.15, 0.2) is 88.8 Å². The molecule has 4 aromatic carbocycles. The van der Waals surface area contributed by atoms with E-state index in [0.717, 1.165) is 38.6 Å². The maximum atomic E-state index is 14.6. The number of carbonyl (C=O) groups excluding carboxylic acids is 2. The Kier molecular flexibility index (Phi) is 8.42. The number of methoxy groups -OCH3 is 1. The van der Waals surface area contributed by atoms with Gasteiger partial charge in [0.1, 0.15) is 5.76 Å². The van der Waals surface area contributed by atoms with Gasteiger partial charge in [0.15, 0.2) is 27.4 Å². The first-order valence-corrected chi connectivity index (χ1v) is 15.6. The lowest BCUT2D eigenvalue weighted by Crippen LogP contribution is -2.29. The predicted octanol–water partition coefficient (Wildman–Crippen LogP) is 6.86. The molecule has 0 radical (unpaired) electrons. The molecule has 1 fully saturated rings. The van der Waals surface area contributed by atoms with E-state index in [2.05, 4.69) is 16.3 Å². The molecule has 1 aromatic heterocycles. The van der Waals surface area contributed by atoms with Gasteiger partial charge < -0.3 is 19.7 Å². The van der Waals surface area contributed by atoms with Gasteiger partial charge in [-0.25, -0.2) is 4.39 Å². The zero-order valence-corrected chi connectivity index (χ0v) is 25.7. The highest BCUT2D eigenvalue weighted by molar-refractivity contribution is 8.00. The van der Waals surface area contributed by atoms with Crippen LogP contribution in [0.2, 0.25) is 0 Å². The summed E-state index contributed by atoms with van der Waals surface area (Å²) in [7, 11) is 1.31. The number of aliphatic hydroxyl groups is 1. The first kappa shape index (κ1) is 30.1. The number of thioether (sulfide) groups is 1. The molecular formula is C33H26FN3O6S2. The van der Waals surface area contributed by atoms with E-state index in [9.17, 15) is 24.2 Å². The van der Waals surface area contributed by atoms with Gasteiger partial charge in [-0.3, -0.25) is 14.5 Å². The van der Waals surface area contributed by atoms with Crippen molar-refractivity contribution in [3.8, 4) is 17.2 Å². The molecular weight excluding hydrogens is 618 g/mol. The van der Waals surface area contributed by atoms with Crippen LogP contribution in [0.5, 0.6) is 17.2 Å². The van der Waals surface area contributed by atoms with E-state index >= 15 is 0 Å². The minimum atomic E-state index is -1.18. The third-order valence-electron chi connectivity index (χ3n) is 7.30. The molecule has 45 heavy (non-hydrogen) atoms. The third-order valence-corrected chi connectivity index (χ3v) is 9.41. The topological polar surface area (TPSA) is 122 Å². The molecule has 2 heterocycles. The summed E-state index contributed by atoms with van der Waals surface area (Å²) in [5.41, 5.74) is 1.15. The maximum Gasteiger partial charge on any atom is 0.301 e. The van der Waals surface area contributed by atoms with Crippen molar-refractivity contribution >= 4 is 56.5 Å². The molecule has 0 spiro atoms. The second-order valence-corrected chi connectivity index (χ2v) is 12.1. The fraction of sp³-hybridized carbons (Fsp3) is 0.152. The van der Waals surface area contributed by atoms with Crippen LogP contribution in [-0.4, -0.2) is 45.8 Å². The summed E-state index contributed by atoms with van der Waals surface area (Å²) in [6.45, 7) is 1.99. The molecule has 5 aromatic rings. The zero-order chi connectivity index (χ0) is 31.7. The van der Waals surface area contributed by atoms with Crippen molar-refractivity contribution in [2.45, 2.75) is 23.1 Å². The first-order valence-electron chi connectivity index (χ1n) is 13.8. The van der Waals surface area contributed by atoms with Crippen LogP contribution >= 0.6 is 23.1 Å². The van der Waals surface area contributed by atoms with Crippen LogP contribution < -0.4 is 14.4 Å². The Labute approximate surface area is 265 Å². The molecule has 9 nitrogen and oxygen atoms in total. The number of rotatable bonds is 9. The van der Waals surface area contributed by atoms with E-state index in [-0.39, 0.29) is 40.1 Å². The van der Waals surface area contributed by atoms with Gasteiger partial charge >= 0.3 is 5.91 Å². The molecule has 0 bridgehead atoms. The normalized spacial score (nSPS) is 16.0. The molecule has 12 heteroatoms. The average molecular weight is 644 g/mol. The standard InChI is InChI=1S/C33H26FN3O6S2/c1-3-43-26-16-19(11-13-24(26)38)28-27(29(39)20-12-14-25(42-2)23(34)15-20)30(40)31(41)37(28)32-35-36-33(45-32)44-17-21-9-6-8-18-7-4-5-10-22(18)21/h4-16,28,38-39H,3,17H2,1-2H3/b29-27+. The summed E-state index contributed by atoms with van der Waals surface area (Å²) in [5.74, 6) is -2.74. The van der Waals surface area contributed by atoms with Crippen molar-refractivity contribution in [3.63, 3.8) is 0 Å². The Morgan fingerprint density at radius 3 is 2.60 bits per heavy atom. The summed E-state index contributed by atoms with van der Waals surface area (Å²) in [6, 6.07) is 21.1. The van der Waals surface area contributed by atoms with Crippen molar-refractivity contribution < 1.29 is 33.7 Å². The average Bonchev–Trinajstić information content (AvgIpc) is 3.62. The molecule has 1 aliphatic heterocycles. The number of hydrogen-bond acceptors (Lipinski definition) is 10. The largest absolute Gasteiger partial charge is 0.507 e. The molecule has 1 unspecified atom stereocenters. The Balaban J connectivity index is 1.40. The number of benzene rings is 4. The lowest BCUT2D eigenvalue weighted by atomic mass is 9.95. The zero-order valence-electron chi connectivity index (χ0n) is 24.1. The molecule has 6 rings (SSSR count). The quantitative estimate of drug-likeness (QED) is 0.0583. The summed E-state index contributed by atoms with van der Waals surface area (Å²) < 4.78 is 25.7. The number of amides is 1. The molecule has 0 aliphatic carbocycles. The van der Waals surface area contributed by atoms with E-state index in [1.807, 2.05) is 36.4 Å². The molecule has 1 saturated heterocycles. The molecule has 0 saturated carbocycles. The number of nitrogens with zero attached hydrogens (tertiary/aromatic N) is 3. The number of carbonyl (C=O) groups is 2. The predicted molar refractivity (Wildman–Crippen MR) is 170 cm³/mol. The van der Waals surface area contributed by atoms with Crippen LogP contribution in [0.3, 0.4) is 0 Å². The summed E-state index contributed by atoms with van der Waals surface area (Å²) in [4.78, 5) is 28.3. The Morgan fingerprint density at radius 1 is 1.02 bits per heavy atom. The number of Topliss-reactive ketones (excluding diaryl/α,β-unsaturated/α-hetero) is 1. The van der Waals surface area contributed by atoms with Gasteiger partial charge in [0.05, 0.1) is 25.3 Å². The highest BCUT2D eigenvalue weighted by Crippen LogP contribution is 2.46. The second kappa shape index (κ2) is 12.6. The van der Waals surface area contributed by atoms with Gasteiger partial charge in [-0.1, -0.05) is 71.6 Å². The van der Waals surface area contributed by atoms with Crippen LogP contribution in [0, 0.1) is 5.82 Å². The lowest BCUT2D eigenvalue weighted by molar-refractivity contribution is -0.132. The van der Waals surface area contributed by atoms with Crippen molar-refractivity contribution in [2.24, 2.45) is 0 Å². The summed E-state index contributed by atoms with van der Waals surface area (Å²) >= 11 is 2.57. The number of aliphatic hydroxyl groups excluding tert-OH is 1. The number of phenols is 1. The number of aromatic hydroxyl groups is 1. The minimum absolute atomic E-state index is 0.0243. The fourth-order valence-corrected chi connectivity index (χ4v) is 7.07. The molecule has 2 N–H and O–H groups in total. The number of hydrogen-bond donors (Lipinski definition) is 2. The van der Waals surface area contributed by atoms with Crippen LogP contribution in [0.1, 0.15) is 29.7 Å². The SMILES string of the molecule is CCOc1cc(C2/C(=C(\O)c3ccc(OC)c(F)c3)C(=O)C(=O)N2c2nnc(SCc3cccc4ccccc34)s2)ccc1O. The number of aromatic nitrogens is 2. The highest BCUT2D eigenvalue weighted by Gasteiger charge is 2.48. The van der Waals surface area contributed by atoms with Gasteiger partial charge in [0, 0.05) is 11.3 Å². The molecule has 228 valence electrons. The summed E-state index contributed by atoms with van der Waals surface area (Å²) in [5, 5.41) is 32.6. The number of ether oxygens (including phenoxy) is 2. The Hall–Kier alpha value is -4.94.